The number of halogens is 3. The van der Waals surface area contributed by atoms with Crippen molar-refractivity contribution in [1.29, 1.82) is 0 Å². The lowest BCUT2D eigenvalue weighted by molar-refractivity contribution is -0.143. The minimum atomic E-state index is -4.66. The van der Waals surface area contributed by atoms with Crippen LogP contribution in [0.2, 0.25) is 0 Å². The van der Waals surface area contributed by atoms with Gasteiger partial charge in [0.25, 0.3) is 11.4 Å². The van der Waals surface area contributed by atoms with Gasteiger partial charge in [-0.2, -0.15) is 13.2 Å². The molecule has 2 aromatic rings. The van der Waals surface area contributed by atoms with Gasteiger partial charge in [-0.25, -0.2) is 0 Å². The molecule has 2 aromatic heterocycles. The van der Waals surface area contributed by atoms with Crippen LogP contribution in [0.4, 0.5) is 19.2 Å². The van der Waals surface area contributed by atoms with Gasteiger partial charge in [-0.1, -0.05) is 17.9 Å². The fourth-order valence-corrected chi connectivity index (χ4v) is 4.08. The number of nitrogens with one attached hydrogen (secondary N) is 2. The SMILES string of the molecule is C[C@@H](Nc1nnc(-c2ccc(C(F)(F)F)[nH]c2=O)o1)C(=O)N1CC2(CCCC2)C1. The summed E-state index contributed by atoms with van der Waals surface area (Å²) in [5, 5.41) is 10.2. The molecule has 0 bridgehead atoms. The van der Waals surface area contributed by atoms with Crippen molar-refractivity contribution in [3.05, 3.63) is 28.2 Å². The molecule has 1 saturated heterocycles. The number of anilines is 1. The van der Waals surface area contributed by atoms with Crippen LogP contribution in [0.15, 0.2) is 21.3 Å². The summed E-state index contributed by atoms with van der Waals surface area (Å²) in [6.07, 6.45) is 0.0803. The van der Waals surface area contributed by atoms with Gasteiger partial charge in [0.1, 0.15) is 17.3 Å². The molecule has 2 aliphatic rings. The van der Waals surface area contributed by atoms with Crippen LogP contribution in [-0.2, 0) is 11.0 Å². The van der Waals surface area contributed by atoms with E-state index in [2.05, 4.69) is 15.5 Å². The van der Waals surface area contributed by atoms with Crippen molar-refractivity contribution in [3.63, 3.8) is 0 Å². The van der Waals surface area contributed by atoms with Crippen LogP contribution in [-0.4, -0.2) is 45.1 Å². The van der Waals surface area contributed by atoms with Crippen LogP contribution >= 0.6 is 0 Å². The Labute approximate surface area is 163 Å². The average Bonchev–Trinajstić information content (AvgIpc) is 3.28. The van der Waals surface area contributed by atoms with Gasteiger partial charge in [0.05, 0.1) is 0 Å². The molecule has 2 fully saturated rings. The van der Waals surface area contributed by atoms with Crippen LogP contribution in [0.3, 0.4) is 0 Å². The lowest BCUT2D eigenvalue weighted by Gasteiger charge is -2.49. The van der Waals surface area contributed by atoms with E-state index in [1.807, 2.05) is 0 Å². The lowest BCUT2D eigenvalue weighted by Crippen LogP contribution is -2.59. The summed E-state index contributed by atoms with van der Waals surface area (Å²) < 4.78 is 43.3. The molecule has 4 rings (SSSR count). The van der Waals surface area contributed by atoms with E-state index in [4.69, 9.17) is 4.42 Å². The standard InChI is InChI=1S/C18H20F3N5O3/c1-10(15(28)26-8-17(9-26)6-2-3-7-17)22-16-25-24-14(29-16)11-4-5-12(18(19,20)21)23-13(11)27/h4-5,10H,2-3,6-9H2,1H3,(H,22,25)(H,23,27)/t10-/m1/s1. The van der Waals surface area contributed by atoms with E-state index in [0.29, 0.717) is 0 Å². The summed E-state index contributed by atoms with van der Waals surface area (Å²) >= 11 is 0. The Morgan fingerprint density at radius 1 is 1.28 bits per heavy atom. The van der Waals surface area contributed by atoms with E-state index in [9.17, 15) is 22.8 Å². The maximum atomic E-state index is 12.7. The predicted octanol–water partition coefficient (Wildman–Crippen LogP) is 2.65. The number of amides is 1. The third-order valence-electron chi connectivity index (χ3n) is 5.61. The van der Waals surface area contributed by atoms with Gasteiger partial charge in [0, 0.05) is 18.5 Å². The maximum absolute atomic E-state index is 12.7. The Hall–Kier alpha value is -2.85. The smallest absolute Gasteiger partial charge is 0.403 e. The molecule has 1 aliphatic heterocycles. The largest absolute Gasteiger partial charge is 0.431 e. The first-order valence-corrected chi connectivity index (χ1v) is 9.37. The number of likely N-dealkylation sites (tertiary alicyclic amines) is 1. The van der Waals surface area contributed by atoms with Gasteiger partial charge < -0.3 is 19.6 Å². The average molecular weight is 411 g/mol. The second kappa shape index (κ2) is 6.89. The van der Waals surface area contributed by atoms with E-state index in [0.717, 1.165) is 38.1 Å². The topological polar surface area (TPSA) is 104 Å². The quantitative estimate of drug-likeness (QED) is 0.802. The Morgan fingerprint density at radius 3 is 2.59 bits per heavy atom. The molecule has 1 spiro atoms. The molecule has 1 saturated carbocycles. The Bertz CT molecular complexity index is 970. The van der Waals surface area contributed by atoms with Gasteiger partial charge in [-0.15, -0.1) is 5.10 Å². The van der Waals surface area contributed by atoms with Crippen LogP contribution in [0.25, 0.3) is 11.5 Å². The zero-order valence-electron chi connectivity index (χ0n) is 15.7. The van der Waals surface area contributed by atoms with E-state index >= 15 is 0 Å². The first-order valence-electron chi connectivity index (χ1n) is 9.37. The van der Waals surface area contributed by atoms with Crippen molar-refractivity contribution in [2.45, 2.75) is 44.8 Å². The number of rotatable bonds is 4. The number of carbonyl (C=O) groups excluding carboxylic acids is 1. The molecule has 0 aromatic carbocycles. The molecule has 1 aliphatic carbocycles. The van der Waals surface area contributed by atoms with E-state index in [1.54, 1.807) is 16.8 Å². The minimum Gasteiger partial charge on any atom is -0.403 e. The second-order valence-corrected chi connectivity index (χ2v) is 7.79. The zero-order valence-corrected chi connectivity index (χ0v) is 15.7. The number of pyridine rings is 1. The number of hydrogen-bond acceptors (Lipinski definition) is 6. The summed E-state index contributed by atoms with van der Waals surface area (Å²) in [5.41, 5.74) is -2.07. The van der Waals surface area contributed by atoms with Crippen LogP contribution in [0, 0.1) is 5.41 Å². The van der Waals surface area contributed by atoms with Gasteiger partial charge in [-0.05, 0) is 31.9 Å². The molecule has 156 valence electrons. The minimum absolute atomic E-state index is 0.0868. The van der Waals surface area contributed by atoms with E-state index in [-0.39, 0.29) is 28.8 Å². The summed E-state index contributed by atoms with van der Waals surface area (Å²) in [4.78, 5) is 28.0. The summed E-state index contributed by atoms with van der Waals surface area (Å²) in [5.74, 6) is -0.328. The predicted molar refractivity (Wildman–Crippen MR) is 95.9 cm³/mol. The molecule has 1 amide bonds. The fourth-order valence-electron chi connectivity index (χ4n) is 4.08. The normalized spacial score (nSPS) is 19.2. The summed E-state index contributed by atoms with van der Waals surface area (Å²) in [7, 11) is 0. The van der Waals surface area contributed by atoms with Crippen LogP contribution < -0.4 is 10.9 Å². The van der Waals surface area contributed by atoms with Gasteiger partial charge in [-0.3, -0.25) is 9.59 Å². The highest BCUT2D eigenvalue weighted by Crippen LogP contribution is 2.45. The fraction of sp³-hybridized carbons (Fsp3) is 0.556. The number of hydrogen-bond donors (Lipinski definition) is 2. The molecule has 3 heterocycles. The molecule has 0 unspecified atom stereocenters. The molecule has 0 radical (unpaired) electrons. The molecular weight excluding hydrogens is 391 g/mol. The maximum Gasteiger partial charge on any atom is 0.431 e. The first-order chi connectivity index (χ1) is 13.7. The van der Waals surface area contributed by atoms with Crippen LogP contribution in [0.1, 0.15) is 38.3 Å². The monoisotopic (exact) mass is 411 g/mol. The highest BCUT2D eigenvalue weighted by Gasteiger charge is 2.47. The van der Waals surface area contributed by atoms with Gasteiger partial charge >= 0.3 is 12.2 Å². The summed E-state index contributed by atoms with van der Waals surface area (Å²) in [6.45, 7) is 3.18. The Balaban J connectivity index is 1.40. The van der Waals surface area contributed by atoms with Gasteiger partial charge in [0.2, 0.25) is 5.91 Å². The van der Waals surface area contributed by atoms with E-state index in [1.165, 1.54) is 12.8 Å². The van der Waals surface area contributed by atoms with Gasteiger partial charge in [0.15, 0.2) is 0 Å². The molecule has 8 nitrogen and oxygen atoms in total. The summed E-state index contributed by atoms with van der Waals surface area (Å²) in [6, 6.07) is 0.988. The number of aromatic amines is 1. The Morgan fingerprint density at radius 2 is 1.97 bits per heavy atom. The van der Waals surface area contributed by atoms with E-state index < -0.39 is 23.5 Å². The number of nitrogens with zero attached hydrogens (tertiary/aromatic N) is 3. The zero-order chi connectivity index (χ0) is 20.8. The van der Waals surface area contributed by atoms with Crippen molar-refractivity contribution >= 4 is 11.9 Å². The number of aromatic nitrogens is 3. The van der Waals surface area contributed by atoms with Crippen molar-refractivity contribution in [2.24, 2.45) is 5.41 Å². The number of H-pyrrole nitrogens is 1. The van der Waals surface area contributed by atoms with Crippen molar-refractivity contribution in [3.8, 4) is 11.5 Å². The molecule has 1 atom stereocenters. The molecule has 11 heteroatoms. The Kier molecular flexibility index (Phi) is 4.62. The third kappa shape index (κ3) is 3.73. The number of carbonyl (C=O) groups is 1. The van der Waals surface area contributed by atoms with Crippen molar-refractivity contribution in [2.75, 3.05) is 18.4 Å². The van der Waals surface area contributed by atoms with Crippen LogP contribution in [0.5, 0.6) is 0 Å². The second-order valence-electron chi connectivity index (χ2n) is 7.79. The molecule has 2 N–H and O–H groups in total. The lowest BCUT2D eigenvalue weighted by atomic mass is 9.78. The van der Waals surface area contributed by atoms with Crippen molar-refractivity contribution in [1.82, 2.24) is 20.1 Å². The number of alkyl halides is 3. The first kappa shape index (κ1) is 19.5. The molecular formula is C18H20F3N5O3. The highest BCUT2D eigenvalue weighted by atomic mass is 19.4. The third-order valence-corrected chi connectivity index (χ3v) is 5.61. The highest BCUT2D eigenvalue weighted by molar-refractivity contribution is 5.84. The van der Waals surface area contributed by atoms with Crippen molar-refractivity contribution < 1.29 is 22.4 Å². The molecule has 29 heavy (non-hydrogen) atoms.